The van der Waals surface area contributed by atoms with Gasteiger partial charge in [0.2, 0.25) is 0 Å². The average Bonchev–Trinajstić information content (AvgIpc) is 3.23. The number of halogens is 2. The molecule has 0 saturated heterocycles. The minimum absolute atomic E-state index is 0.178. The quantitative estimate of drug-likeness (QED) is 0.678. The fourth-order valence-corrected chi connectivity index (χ4v) is 2.77. The maximum atomic E-state index is 13.2. The standard InChI is InChI=1S/C16H14BrF/c17-10-14-9-15(18)7-8-16(14)13-5-3-12(4-6-13)11-1-2-11/h3-9,11H,1-2,10H2. The summed E-state index contributed by atoms with van der Waals surface area (Å²) in [6.45, 7) is 0. The SMILES string of the molecule is Fc1ccc(-c2ccc(C3CC3)cc2)c(CBr)c1. The normalized spacial score (nSPS) is 14.8. The summed E-state index contributed by atoms with van der Waals surface area (Å²) in [5.74, 6) is 0.603. The molecule has 0 aliphatic heterocycles. The Bertz CT molecular complexity index is 556. The summed E-state index contributed by atoms with van der Waals surface area (Å²) in [5.41, 5.74) is 4.69. The molecule has 0 N–H and O–H groups in total. The second kappa shape index (κ2) is 4.85. The third-order valence-electron chi connectivity index (χ3n) is 3.48. The van der Waals surface area contributed by atoms with Gasteiger partial charge in [-0.15, -0.1) is 0 Å². The number of benzene rings is 2. The first-order valence-electron chi connectivity index (χ1n) is 6.22. The zero-order valence-electron chi connectivity index (χ0n) is 10.00. The van der Waals surface area contributed by atoms with Crippen LogP contribution in [-0.2, 0) is 5.33 Å². The van der Waals surface area contributed by atoms with Crippen molar-refractivity contribution in [3.05, 3.63) is 59.4 Å². The highest BCUT2D eigenvalue weighted by Crippen LogP contribution is 2.40. The van der Waals surface area contributed by atoms with E-state index in [0.29, 0.717) is 5.33 Å². The fraction of sp³-hybridized carbons (Fsp3) is 0.250. The predicted molar refractivity (Wildman–Crippen MR) is 76.4 cm³/mol. The lowest BCUT2D eigenvalue weighted by Gasteiger charge is -2.08. The maximum absolute atomic E-state index is 13.2. The zero-order valence-corrected chi connectivity index (χ0v) is 11.6. The molecule has 0 spiro atoms. The van der Waals surface area contributed by atoms with Crippen LogP contribution < -0.4 is 0 Å². The van der Waals surface area contributed by atoms with Crippen LogP contribution in [0.5, 0.6) is 0 Å². The molecule has 3 rings (SSSR count). The van der Waals surface area contributed by atoms with E-state index in [0.717, 1.165) is 22.6 Å². The van der Waals surface area contributed by atoms with Gasteiger partial charge in [0.15, 0.2) is 0 Å². The molecular weight excluding hydrogens is 291 g/mol. The lowest BCUT2D eigenvalue weighted by molar-refractivity contribution is 0.627. The molecule has 1 aliphatic carbocycles. The summed E-state index contributed by atoms with van der Waals surface area (Å²) in [6.07, 6.45) is 2.64. The third-order valence-corrected chi connectivity index (χ3v) is 4.09. The van der Waals surface area contributed by atoms with Gasteiger partial charge in [0.25, 0.3) is 0 Å². The van der Waals surface area contributed by atoms with Crippen molar-refractivity contribution in [3.8, 4) is 11.1 Å². The first-order valence-corrected chi connectivity index (χ1v) is 7.35. The summed E-state index contributed by atoms with van der Waals surface area (Å²) >= 11 is 3.42. The van der Waals surface area contributed by atoms with Crippen molar-refractivity contribution >= 4 is 15.9 Å². The molecule has 0 amide bonds. The van der Waals surface area contributed by atoms with Gasteiger partial charge in [-0.1, -0.05) is 46.3 Å². The summed E-state index contributed by atoms with van der Waals surface area (Å²) in [4.78, 5) is 0. The molecule has 0 bridgehead atoms. The first kappa shape index (κ1) is 11.9. The Balaban J connectivity index is 1.97. The number of alkyl halides is 1. The molecule has 2 heteroatoms. The van der Waals surface area contributed by atoms with Gasteiger partial charge in [0.05, 0.1) is 0 Å². The smallest absolute Gasteiger partial charge is 0.123 e. The number of hydrogen-bond donors (Lipinski definition) is 0. The minimum Gasteiger partial charge on any atom is -0.207 e. The molecule has 0 radical (unpaired) electrons. The molecule has 1 aliphatic rings. The molecule has 1 saturated carbocycles. The van der Waals surface area contributed by atoms with Crippen molar-refractivity contribution in [2.45, 2.75) is 24.1 Å². The van der Waals surface area contributed by atoms with E-state index in [1.54, 1.807) is 6.07 Å². The van der Waals surface area contributed by atoms with E-state index in [9.17, 15) is 4.39 Å². The molecule has 92 valence electrons. The van der Waals surface area contributed by atoms with Crippen LogP contribution in [0.1, 0.15) is 29.9 Å². The highest BCUT2D eigenvalue weighted by atomic mass is 79.9. The van der Waals surface area contributed by atoms with Crippen LogP contribution in [0.25, 0.3) is 11.1 Å². The van der Waals surface area contributed by atoms with Crippen LogP contribution in [0.2, 0.25) is 0 Å². The van der Waals surface area contributed by atoms with Gasteiger partial charge >= 0.3 is 0 Å². The number of rotatable bonds is 3. The molecule has 0 nitrogen and oxygen atoms in total. The van der Waals surface area contributed by atoms with Crippen LogP contribution >= 0.6 is 15.9 Å². The monoisotopic (exact) mass is 304 g/mol. The Labute approximate surface area is 115 Å². The summed E-state index contributed by atoms with van der Waals surface area (Å²) in [5, 5.41) is 0.671. The average molecular weight is 305 g/mol. The van der Waals surface area contributed by atoms with Gasteiger partial charge < -0.3 is 0 Å². The Hall–Kier alpha value is -1.15. The second-order valence-corrected chi connectivity index (χ2v) is 5.39. The lowest BCUT2D eigenvalue weighted by Crippen LogP contribution is -1.89. The van der Waals surface area contributed by atoms with Crippen molar-refractivity contribution in [3.63, 3.8) is 0 Å². The molecule has 2 aromatic rings. The van der Waals surface area contributed by atoms with Gasteiger partial charge in [0, 0.05) is 5.33 Å². The Morgan fingerprint density at radius 2 is 1.78 bits per heavy atom. The lowest BCUT2D eigenvalue weighted by atomic mass is 9.98. The molecule has 18 heavy (non-hydrogen) atoms. The van der Waals surface area contributed by atoms with Crippen molar-refractivity contribution in [1.82, 2.24) is 0 Å². The van der Waals surface area contributed by atoms with E-state index in [4.69, 9.17) is 0 Å². The molecule has 0 aromatic heterocycles. The van der Waals surface area contributed by atoms with Gasteiger partial charge in [-0.25, -0.2) is 4.39 Å². The van der Waals surface area contributed by atoms with E-state index in [1.807, 2.05) is 6.07 Å². The minimum atomic E-state index is -0.178. The first-order chi connectivity index (χ1) is 8.78. The predicted octanol–water partition coefficient (Wildman–Crippen LogP) is 5.27. The summed E-state index contributed by atoms with van der Waals surface area (Å²) in [7, 11) is 0. The zero-order chi connectivity index (χ0) is 12.5. The maximum Gasteiger partial charge on any atom is 0.123 e. The van der Waals surface area contributed by atoms with Crippen LogP contribution in [0.3, 0.4) is 0 Å². The molecule has 2 aromatic carbocycles. The van der Waals surface area contributed by atoms with Gasteiger partial charge in [-0.05, 0) is 53.1 Å². The summed E-state index contributed by atoms with van der Waals surface area (Å²) < 4.78 is 13.2. The molecular formula is C16H14BrF. The van der Waals surface area contributed by atoms with E-state index < -0.39 is 0 Å². The van der Waals surface area contributed by atoms with Crippen LogP contribution in [-0.4, -0.2) is 0 Å². The molecule has 0 unspecified atom stereocenters. The van der Waals surface area contributed by atoms with Gasteiger partial charge in [0.1, 0.15) is 5.82 Å². The number of hydrogen-bond acceptors (Lipinski definition) is 0. The Morgan fingerprint density at radius 1 is 1.06 bits per heavy atom. The van der Waals surface area contributed by atoms with Gasteiger partial charge in [-0.3, -0.25) is 0 Å². The fourth-order valence-electron chi connectivity index (χ4n) is 2.31. The highest BCUT2D eigenvalue weighted by molar-refractivity contribution is 9.08. The van der Waals surface area contributed by atoms with E-state index in [2.05, 4.69) is 40.2 Å². The van der Waals surface area contributed by atoms with Gasteiger partial charge in [-0.2, -0.15) is 0 Å². The van der Waals surface area contributed by atoms with E-state index in [1.165, 1.54) is 24.5 Å². The van der Waals surface area contributed by atoms with E-state index >= 15 is 0 Å². The van der Waals surface area contributed by atoms with Crippen LogP contribution in [0.4, 0.5) is 4.39 Å². The topological polar surface area (TPSA) is 0 Å². The molecule has 1 fully saturated rings. The summed E-state index contributed by atoms with van der Waals surface area (Å²) in [6, 6.07) is 13.7. The van der Waals surface area contributed by atoms with Crippen molar-refractivity contribution in [1.29, 1.82) is 0 Å². The Morgan fingerprint density at radius 3 is 2.39 bits per heavy atom. The Kier molecular flexibility index (Phi) is 3.21. The van der Waals surface area contributed by atoms with Crippen molar-refractivity contribution < 1.29 is 4.39 Å². The van der Waals surface area contributed by atoms with Crippen molar-refractivity contribution in [2.24, 2.45) is 0 Å². The highest BCUT2D eigenvalue weighted by Gasteiger charge is 2.23. The van der Waals surface area contributed by atoms with Crippen LogP contribution in [0, 0.1) is 5.82 Å². The van der Waals surface area contributed by atoms with Crippen LogP contribution in [0.15, 0.2) is 42.5 Å². The largest absolute Gasteiger partial charge is 0.207 e. The van der Waals surface area contributed by atoms with Crippen molar-refractivity contribution in [2.75, 3.05) is 0 Å². The van der Waals surface area contributed by atoms with E-state index in [-0.39, 0.29) is 5.82 Å². The molecule has 0 atom stereocenters. The molecule has 0 heterocycles. The second-order valence-electron chi connectivity index (χ2n) is 4.83. The third kappa shape index (κ3) is 2.35.